The van der Waals surface area contributed by atoms with E-state index in [1.807, 2.05) is 19.9 Å². The second-order valence-corrected chi connectivity index (χ2v) is 5.46. The zero-order valence-corrected chi connectivity index (χ0v) is 11.0. The van der Waals surface area contributed by atoms with Gasteiger partial charge in [-0.2, -0.15) is 0 Å². The molecule has 1 heteroatoms. The van der Waals surface area contributed by atoms with Gasteiger partial charge in [0.05, 0.1) is 5.60 Å². The molecule has 0 spiro atoms. The Labute approximate surface area is 103 Å². The van der Waals surface area contributed by atoms with Crippen molar-refractivity contribution in [1.29, 1.82) is 0 Å². The van der Waals surface area contributed by atoms with Crippen LogP contribution in [0.1, 0.15) is 44.7 Å². The minimum atomic E-state index is -0.797. The van der Waals surface area contributed by atoms with E-state index >= 15 is 0 Å². The first kappa shape index (κ1) is 12.1. The molecule has 1 nitrogen and oxygen atoms in total. The van der Waals surface area contributed by atoms with Crippen molar-refractivity contribution in [3.63, 3.8) is 0 Å². The summed E-state index contributed by atoms with van der Waals surface area (Å²) in [5.41, 5.74) is 1.54. The van der Waals surface area contributed by atoms with E-state index in [1.54, 1.807) is 0 Å². The molecule has 0 atom stereocenters. The fourth-order valence-corrected chi connectivity index (χ4v) is 2.36. The van der Waals surface area contributed by atoms with E-state index in [2.05, 4.69) is 44.2 Å². The summed E-state index contributed by atoms with van der Waals surface area (Å²) in [5, 5.41) is 12.6. The maximum absolute atomic E-state index is 10.2. The fourth-order valence-electron chi connectivity index (χ4n) is 2.36. The van der Waals surface area contributed by atoms with Crippen LogP contribution in [0.3, 0.4) is 0 Å². The van der Waals surface area contributed by atoms with Gasteiger partial charge in [-0.3, -0.25) is 0 Å². The summed E-state index contributed by atoms with van der Waals surface area (Å²) in [6.07, 6.45) is 0. The number of hydrogen-bond acceptors (Lipinski definition) is 1. The van der Waals surface area contributed by atoms with Crippen molar-refractivity contribution in [2.45, 2.75) is 39.2 Å². The molecule has 1 N–H and O–H groups in total. The second kappa shape index (κ2) is 4.15. The van der Waals surface area contributed by atoms with Gasteiger partial charge in [-0.25, -0.2) is 0 Å². The van der Waals surface area contributed by atoms with Crippen LogP contribution in [0.25, 0.3) is 10.8 Å². The molecule has 90 valence electrons. The van der Waals surface area contributed by atoms with Crippen LogP contribution in [-0.2, 0) is 5.60 Å². The van der Waals surface area contributed by atoms with Gasteiger partial charge in [0, 0.05) is 0 Å². The van der Waals surface area contributed by atoms with Crippen molar-refractivity contribution in [2.24, 2.45) is 0 Å². The Morgan fingerprint density at radius 3 is 2.06 bits per heavy atom. The number of rotatable bonds is 2. The van der Waals surface area contributed by atoms with Gasteiger partial charge in [0.2, 0.25) is 0 Å². The maximum Gasteiger partial charge on any atom is 0.0846 e. The first-order valence-electron chi connectivity index (χ1n) is 6.16. The van der Waals surface area contributed by atoms with Crippen LogP contribution < -0.4 is 0 Å². The summed E-state index contributed by atoms with van der Waals surface area (Å²) in [4.78, 5) is 0. The smallest absolute Gasteiger partial charge is 0.0846 e. The van der Waals surface area contributed by atoms with Gasteiger partial charge in [0.15, 0.2) is 0 Å². The molecule has 2 aromatic rings. The summed E-state index contributed by atoms with van der Waals surface area (Å²) in [6.45, 7) is 8.07. The summed E-state index contributed by atoms with van der Waals surface area (Å²) < 4.78 is 0. The Bertz CT molecular complexity index is 533. The fraction of sp³-hybridized carbons (Fsp3) is 0.375. The molecule has 0 aromatic heterocycles. The highest BCUT2D eigenvalue weighted by Crippen LogP contribution is 2.33. The van der Waals surface area contributed by atoms with Crippen LogP contribution in [-0.4, -0.2) is 5.11 Å². The standard InChI is InChI=1S/C16H20O/c1-11(2)12-9-10-15(16(3,4)17)14-8-6-5-7-13(12)14/h5-11,17H,1-4H3. The van der Waals surface area contributed by atoms with E-state index in [0.29, 0.717) is 5.92 Å². The second-order valence-electron chi connectivity index (χ2n) is 5.46. The Morgan fingerprint density at radius 2 is 1.53 bits per heavy atom. The van der Waals surface area contributed by atoms with Gasteiger partial charge < -0.3 is 5.11 Å². The lowest BCUT2D eigenvalue weighted by molar-refractivity contribution is 0.0802. The van der Waals surface area contributed by atoms with Crippen molar-refractivity contribution < 1.29 is 5.11 Å². The van der Waals surface area contributed by atoms with Crippen molar-refractivity contribution in [1.82, 2.24) is 0 Å². The van der Waals surface area contributed by atoms with E-state index < -0.39 is 5.60 Å². The Balaban J connectivity index is 2.80. The van der Waals surface area contributed by atoms with Gasteiger partial charge in [0.25, 0.3) is 0 Å². The van der Waals surface area contributed by atoms with Crippen LogP contribution in [0.4, 0.5) is 0 Å². The molecule has 0 heterocycles. The van der Waals surface area contributed by atoms with Crippen LogP contribution in [0, 0.1) is 0 Å². The monoisotopic (exact) mass is 228 g/mol. The molecule has 0 unspecified atom stereocenters. The molecule has 0 saturated carbocycles. The SMILES string of the molecule is CC(C)c1ccc(C(C)(C)O)c2ccccc12. The quantitative estimate of drug-likeness (QED) is 0.817. The zero-order chi connectivity index (χ0) is 12.6. The van der Waals surface area contributed by atoms with E-state index in [-0.39, 0.29) is 0 Å². The predicted molar refractivity (Wildman–Crippen MR) is 73.3 cm³/mol. The zero-order valence-electron chi connectivity index (χ0n) is 11.0. The molecule has 0 radical (unpaired) electrons. The summed E-state index contributed by atoms with van der Waals surface area (Å²) >= 11 is 0. The first-order chi connectivity index (χ1) is 7.91. The van der Waals surface area contributed by atoms with Crippen LogP contribution >= 0.6 is 0 Å². The number of fused-ring (bicyclic) bond motifs is 1. The van der Waals surface area contributed by atoms with Crippen LogP contribution in [0.5, 0.6) is 0 Å². The molecule has 0 bridgehead atoms. The Kier molecular flexibility index (Phi) is 2.96. The van der Waals surface area contributed by atoms with E-state index in [1.165, 1.54) is 10.9 Å². The maximum atomic E-state index is 10.2. The lowest BCUT2D eigenvalue weighted by Gasteiger charge is -2.22. The molecule has 17 heavy (non-hydrogen) atoms. The van der Waals surface area contributed by atoms with Gasteiger partial charge in [0.1, 0.15) is 0 Å². The molecule has 0 fully saturated rings. The van der Waals surface area contributed by atoms with Crippen molar-refractivity contribution in [3.8, 4) is 0 Å². The highest BCUT2D eigenvalue weighted by molar-refractivity contribution is 5.89. The highest BCUT2D eigenvalue weighted by Gasteiger charge is 2.20. The molecule has 0 aliphatic heterocycles. The van der Waals surface area contributed by atoms with Gasteiger partial charge in [-0.15, -0.1) is 0 Å². The molecule has 0 amide bonds. The molecular formula is C16H20O. The number of benzene rings is 2. The lowest BCUT2D eigenvalue weighted by atomic mass is 9.87. The van der Waals surface area contributed by atoms with Crippen LogP contribution in [0.15, 0.2) is 36.4 Å². The van der Waals surface area contributed by atoms with Crippen molar-refractivity contribution >= 4 is 10.8 Å². The van der Waals surface area contributed by atoms with Gasteiger partial charge in [-0.05, 0) is 41.7 Å². The molecular weight excluding hydrogens is 208 g/mol. The summed E-state index contributed by atoms with van der Waals surface area (Å²) in [5.74, 6) is 0.496. The van der Waals surface area contributed by atoms with E-state index in [0.717, 1.165) is 10.9 Å². The third-order valence-electron chi connectivity index (χ3n) is 3.24. The van der Waals surface area contributed by atoms with Crippen molar-refractivity contribution in [2.75, 3.05) is 0 Å². The normalized spacial score (nSPS) is 12.4. The van der Waals surface area contributed by atoms with Crippen molar-refractivity contribution in [3.05, 3.63) is 47.5 Å². The number of hydrogen-bond donors (Lipinski definition) is 1. The first-order valence-corrected chi connectivity index (χ1v) is 6.16. The predicted octanol–water partition coefficient (Wildman–Crippen LogP) is 4.19. The lowest BCUT2D eigenvalue weighted by Crippen LogP contribution is -2.16. The van der Waals surface area contributed by atoms with Gasteiger partial charge in [-0.1, -0.05) is 50.2 Å². The summed E-state index contributed by atoms with van der Waals surface area (Å²) in [6, 6.07) is 12.5. The molecule has 2 rings (SSSR count). The summed E-state index contributed by atoms with van der Waals surface area (Å²) in [7, 11) is 0. The van der Waals surface area contributed by atoms with E-state index in [9.17, 15) is 5.11 Å². The third-order valence-corrected chi connectivity index (χ3v) is 3.24. The molecule has 0 aliphatic rings. The molecule has 0 saturated heterocycles. The average Bonchev–Trinajstić information content (AvgIpc) is 2.26. The molecule has 0 aliphatic carbocycles. The van der Waals surface area contributed by atoms with Crippen LogP contribution in [0.2, 0.25) is 0 Å². The Morgan fingerprint density at radius 1 is 0.941 bits per heavy atom. The van der Waals surface area contributed by atoms with Gasteiger partial charge >= 0.3 is 0 Å². The topological polar surface area (TPSA) is 20.2 Å². The third kappa shape index (κ3) is 2.20. The molecule has 2 aromatic carbocycles. The minimum absolute atomic E-state index is 0.496. The highest BCUT2D eigenvalue weighted by atomic mass is 16.3. The van der Waals surface area contributed by atoms with E-state index in [4.69, 9.17) is 0 Å². The minimum Gasteiger partial charge on any atom is -0.386 e. The largest absolute Gasteiger partial charge is 0.386 e. The number of aliphatic hydroxyl groups is 1. The average molecular weight is 228 g/mol. The Hall–Kier alpha value is -1.34.